The molecule has 0 aliphatic rings. The van der Waals surface area contributed by atoms with E-state index in [0.29, 0.717) is 6.54 Å². The summed E-state index contributed by atoms with van der Waals surface area (Å²) in [6, 6.07) is 9.52. The van der Waals surface area contributed by atoms with Gasteiger partial charge in [-0.05, 0) is 73.4 Å². The average Bonchev–Trinajstić information content (AvgIpc) is 3.12. The van der Waals surface area contributed by atoms with Gasteiger partial charge in [0.05, 0.1) is 0 Å². The van der Waals surface area contributed by atoms with Crippen molar-refractivity contribution in [2.24, 2.45) is 0 Å². The number of likely N-dealkylation sites (N-methyl/N-ethyl adjacent to an activating group) is 1. The maximum atomic E-state index is 12.3. The van der Waals surface area contributed by atoms with E-state index in [1.54, 1.807) is 23.5 Å². The maximum Gasteiger partial charge on any atom is 0.315 e. The van der Waals surface area contributed by atoms with E-state index in [4.69, 9.17) is 0 Å². The lowest BCUT2D eigenvalue weighted by Crippen LogP contribution is -2.48. The van der Waals surface area contributed by atoms with E-state index in [1.165, 1.54) is 5.56 Å². The van der Waals surface area contributed by atoms with Gasteiger partial charge < -0.3 is 20.6 Å². The first-order valence-corrected chi connectivity index (χ1v) is 9.92. The Morgan fingerprint density at radius 3 is 2.46 bits per heavy atom. The lowest BCUT2D eigenvalue weighted by molar-refractivity contribution is 0.228. The van der Waals surface area contributed by atoms with Crippen LogP contribution in [0.15, 0.2) is 41.1 Å². The first-order chi connectivity index (χ1) is 12.5. The summed E-state index contributed by atoms with van der Waals surface area (Å²) < 4.78 is 0. The molecule has 0 bridgehead atoms. The van der Waals surface area contributed by atoms with Crippen LogP contribution < -0.4 is 10.6 Å². The predicted octanol–water partition coefficient (Wildman–Crippen LogP) is 3.25. The fourth-order valence-corrected chi connectivity index (χ4v) is 3.46. The largest absolute Gasteiger partial charge is 0.508 e. The lowest BCUT2D eigenvalue weighted by Gasteiger charge is -2.25. The van der Waals surface area contributed by atoms with Gasteiger partial charge in [0.15, 0.2) is 0 Å². The van der Waals surface area contributed by atoms with Crippen molar-refractivity contribution in [2.45, 2.75) is 38.3 Å². The molecule has 0 aliphatic heterocycles. The Morgan fingerprint density at radius 2 is 1.88 bits per heavy atom. The monoisotopic (exact) mass is 375 g/mol. The highest BCUT2D eigenvalue weighted by molar-refractivity contribution is 7.07. The van der Waals surface area contributed by atoms with Crippen LogP contribution in [0.2, 0.25) is 0 Å². The van der Waals surface area contributed by atoms with Crippen LogP contribution in [0, 0.1) is 0 Å². The molecule has 1 aromatic heterocycles. The summed E-state index contributed by atoms with van der Waals surface area (Å²) >= 11 is 1.68. The number of aromatic hydroxyl groups is 1. The molecule has 1 aromatic carbocycles. The molecule has 0 saturated carbocycles. The second-order valence-corrected chi connectivity index (χ2v) is 7.56. The molecular formula is C20H29N3O2S. The summed E-state index contributed by atoms with van der Waals surface area (Å²) in [6.45, 7) is 2.65. The first kappa shape index (κ1) is 20.3. The number of carbonyl (C=O) groups excluding carboxylic acids is 1. The minimum atomic E-state index is -0.121. The van der Waals surface area contributed by atoms with Crippen molar-refractivity contribution in [1.82, 2.24) is 15.5 Å². The van der Waals surface area contributed by atoms with Crippen LogP contribution >= 0.6 is 11.3 Å². The van der Waals surface area contributed by atoms with Gasteiger partial charge in [0.25, 0.3) is 0 Å². The van der Waals surface area contributed by atoms with Gasteiger partial charge in [-0.1, -0.05) is 19.1 Å². The summed E-state index contributed by atoms with van der Waals surface area (Å²) in [4.78, 5) is 14.4. The topological polar surface area (TPSA) is 64.6 Å². The van der Waals surface area contributed by atoms with Crippen molar-refractivity contribution < 1.29 is 9.90 Å². The smallest absolute Gasteiger partial charge is 0.315 e. The van der Waals surface area contributed by atoms with Crippen LogP contribution in [0.1, 0.15) is 24.5 Å². The molecule has 0 spiro atoms. The number of phenols is 1. The molecule has 1 heterocycles. The number of hydrogen-bond acceptors (Lipinski definition) is 4. The van der Waals surface area contributed by atoms with Gasteiger partial charge in [0, 0.05) is 18.6 Å². The van der Waals surface area contributed by atoms with Crippen LogP contribution in [0.3, 0.4) is 0 Å². The Hall–Kier alpha value is -2.05. The van der Waals surface area contributed by atoms with Crippen LogP contribution in [0.5, 0.6) is 5.75 Å². The number of carbonyl (C=O) groups is 1. The number of nitrogens with zero attached hydrogens (tertiary/aromatic N) is 1. The molecule has 2 amide bonds. The van der Waals surface area contributed by atoms with E-state index in [1.807, 2.05) is 26.2 Å². The summed E-state index contributed by atoms with van der Waals surface area (Å²) in [5.41, 5.74) is 2.40. The molecule has 0 saturated heterocycles. The Labute approximate surface area is 160 Å². The van der Waals surface area contributed by atoms with E-state index in [0.717, 1.165) is 24.8 Å². The number of amides is 2. The Morgan fingerprint density at radius 1 is 1.15 bits per heavy atom. The summed E-state index contributed by atoms with van der Waals surface area (Å²) in [5.74, 6) is 0.267. The van der Waals surface area contributed by atoms with Gasteiger partial charge in [-0.15, -0.1) is 0 Å². The van der Waals surface area contributed by atoms with Gasteiger partial charge in [-0.25, -0.2) is 4.79 Å². The maximum absolute atomic E-state index is 12.3. The molecule has 6 heteroatoms. The predicted molar refractivity (Wildman–Crippen MR) is 108 cm³/mol. The third kappa shape index (κ3) is 6.69. The summed E-state index contributed by atoms with van der Waals surface area (Å²) in [5, 5.41) is 19.7. The van der Waals surface area contributed by atoms with Crippen molar-refractivity contribution in [3.05, 3.63) is 52.2 Å². The van der Waals surface area contributed by atoms with Crippen molar-refractivity contribution >= 4 is 17.4 Å². The van der Waals surface area contributed by atoms with Crippen molar-refractivity contribution in [3.8, 4) is 5.75 Å². The summed E-state index contributed by atoms with van der Waals surface area (Å²) in [6.07, 6.45) is 2.56. The SMILES string of the molecule is CC[C@H](Cc1ccsc1)NC(=O)NCC(Cc1ccc(O)cc1)N(C)C. The van der Waals surface area contributed by atoms with Gasteiger partial charge in [-0.2, -0.15) is 11.3 Å². The molecule has 142 valence electrons. The van der Waals surface area contributed by atoms with Crippen molar-refractivity contribution in [3.63, 3.8) is 0 Å². The van der Waals surface area contributed by atoms with E-state index in [2.05, 4.69) is 39.3 Å². The number of urea groups is 1. The Bertz CT molecular complexity index is 656. The molecule has 2 rings (SSSR count). The van der Waals surface area contributed by atoms with Gasteiger partial charge in [0.2, 0.25) is 0 Å². The van der Waals surface area contributed by atoms with Crippen LogP contribution in [-0.2, 0) is 12.8 Å². The van der Waals surface area contributed by atoms with Gasteiger partial charge in [0.1, 0.15) is 5.75 Å². The Balaban J connectivity index is 1.83. The second-order valence-electron chi connectivity index (χ2n) is 6.78. The van der Waals surface area contributed by atoms with Crippen LogP contribution in [-0.4, -0.2) is 48.8 Å². The van der Waals surface area contributed by atoms with Crippen molar-refractivity contribution in [2.75, 3.05) is 20.6 Å². The van der Waals surface area contributed by atoms with E-state index < -0.39 is 0 Å². The van der Waals surface area contributed by atoms with Crippen molar-refractivity contribution in [1.29, 1.82) is 0 Å². The zero-order chi connectivity index (χ0) is 18.9. The number of phenolic OH excluding ortho intramolecular Hbond substituents is 1. The zero-order valence-corrected chi connectivity index (χ0v) is 16.6. The molecule has 0 fully saturated rings. The third-order valence-corrected chi connectivity index (χ3v) is 5.26. The first-order valence-electron chi connectivity index (χ1n) is 8.97. The number of thiophene rings is 1. The van der Waals surface area contributed by atoms with Crippen LogP contribution in [0.4, 0.5) is 4.79 Å². The second kappa shape index (κ2) is 10.2. The van der Waals surface area contributed by atoms with E-state index in [9.17, 15) is 9.90 Å². The minimum absolute atomic E-state index is 0.121. The summed E-state index contributed by atoms with van der Waals surface area (Å²) in [7, 11) is 4.02. The number of benzene rings is 1. The molecular weight excluding hydrogens is 346 g/mol. The lowest BCUT2D eigenvalue weighted by atomic mass is 10.0. The molecule has 1 unspecified atom stereocenters. The normalized spacial score (nSPS) is 13.4. The minimum Gasteiger partial charge on any atom is -0.508 e. The highest BCUT2D eigenvalue weighted by atomic mass is 32.1. The molecule has 0 aliphatic carbocycles. The average molecular weight is 376 g/mol. The van der Waals surface area contributed by atoms with E-state index >= 15 is 0 Å². The van der Waals surface area contributed by atoms with E-state index in [-0.39, 0.29) is 23.9 Å². The fourth-order valence-electron chi connectivity index (χ4n) is 2.78. The molecule has 26 heavy (non-hydrogen) atoms. The van der Waals surface area contributed by atoms with Crippen LogP contribution in [0.25, 0.3) is 0 Å². The highest BCUT2D eigenvalue weighted by Crippen LogP contribution is 2.13. The number of hydrogen-bond donors (Lipinski definition) is 3. The zero-order valence-electron chi connectivity index (χ0n) is 15.7. The number of nitrogens with one attached hydrogen (secondary N) is 2. The quantitative estimate of drug-likeness (QED) is 0.630. The molecule has 0 radical (unpaired) electrons. The van der Waals surface area contributed by atoms with Gasteiger partial charge in [-0.3, -0.25) is 0 Å². The standard InChI is InChI=1S/C20H29N3O2S/c1-4-17(11-16-9-10-26-14-16)22-20(25)21-13-18(23(2)3)12-15-5-7-19(24)8-6-15/h5-10,14,17-18,24H,4,11-13H2,1-3H3,(H2,21,22,25)/t17-,18?/m1/s1. The molecule has 2 aromatic rings. The Kier molecular flexibility index (Phi) is 7.94. The number of rotatable bonds is 9. The highest BCUT2D eigenvalue weighted by Gasteiger charge is 2.16. The third-order valence-electron chi connectivity index (χ3n) is 4.53. The van der Waals surface area contributed by atoms with Gasteiger partial charge >= 0.3 is 6.03 Å². The molecule has 3 N–H and O–H groups in total. The fraction of sp³-hybridized carbons (Fsp3) is 0.450. The molecule has 2 atom stereocenters. The molecule has 5 nitrogen and oxygen atoms in total.